The highest BCUT2D eigenvalue weighted by Crippen LogP contribution is 2.38. The van der Waals surface area contributed by atoms with E-state index >= 15 is 0 Å². The summed E-state index contributed by atoms with van der Waals surface area (Å²) in [6, 6.07) is 5.36. The Bertz CT molecular complexity index is 567. The minimum absolute atomic E-state index is 0.398. The predicted molar refractivity (Wildman–Crippen MR) is 77.9 cm³/mol. The summed E-state index contributed by atoms with van der Waals surface area (Å²) in [4.78, 5) is 0. The van der Waals surface area contributed by atoms with Gasteiger partial charge in [0.1, 0.15) is 0 Å². The van der Waals surface area contributed by atoms with Gasteiger partial charge in [-0.1, -0.05) is 0 Å². The number of phenols is 6. The van der Waals surface area contributed by atoms with Crippen molar-refractivity contribution in [1.29, 1.82) is 0 Å². The van der Waals surface area contributed by atoms with Gasteiger partial charge in [-0.2, -0.15) is 11.8 Å². The van der Waals surface area contributed by atoms with E-state index in [1.165, 1.54) is 36.0 Å². The molecule has 0 aromatic heterocycles. The fourth-order valence-electron chi connectivity index (χ4n) is 1.78. The van der Waals surface area contributed by atoms with Gasteiger partial charge in [0.25, 0.3) is 0 Å². The van der Waals surface area contributed by atoms with Crippen LogP contribution in [0.2, 0.25) is 0 Å². The monoisotopic (exact) mass is 310 g/mol. The molecule has 0 heterocycles. The van der Waals surface area contributed by atoms with Gasteiger partial charge < -0.3 is 30.6 Å². The van der Waals surface area contributed by atoms with Crippen molar-refractivity contribution in [1.82, 2.24) is 0 Å². The standard InChI is InChI=1S/C14H14O6S/c15-9-1-7(2-10(16)13(9)19)5-21-6-8-3-11(17)14(20)12(18)4-8/h1-4,15-20H,5-6H2. The summed E-state index contributed by atoms with van der Waals surface area (Å²) in [5.41, 5.74) is 1.22. The summed E-state index contributed by atoms with van der Waals surface area (Å²) in [6.45, 7) is 0. The molecule has 0 spiro atoms. The van der Waals surface area contributed by atoms with E-state index < -0.39 is 34.5 Å². The maximum Gasteiger partial charge on any atom is 0.200 e. The van der Waals surface area contributed by atoms with Crippen molar-refractivity contribution < 1.29 is 30.6 Å². The lowest BCUT2D eigenvalue weighted by molar-refractivity contribution is 0.367. The van der Waals surface area contributed by atoms with E-state index in [9.17, 15) is 30.6 Å². The molecule has 0 aliphatic heterocycles. The molecule has 0 atom stereocenters. The minimum Gasteiger partial charge on any atom is -0.504 e. The van der Waals surface area contributed by atoms with Crippen LogP contribution >= 0.6 is 11.8 Å². The molecule has 112 valence electrons. The summed E-state index contributed by atoms with van der Waals surface area (Å²) in [5, 5.41) is 56.0. The minimum atomic E-state index is -0.558. The number of aromatic hydroxyl groups is 6. The van der Waals surface area contributed by atoms with Crippen LogP contribution in [0, 0.1) is 0 Å². The molecule has 2 aromatic rings. The Morgan fingerprint density at radius 2 is 0.857 bits per heavy atom. The summed E-state index contributed by atoms with van der Waals surface area (Å²) >= 11 is 1.40. The largest absolute Gasteiger partial charge is 0.504 e. The van der Waals surface area contributed by atoms with E-state index in [-0.39, 0.29) is 0 Å². The number of phenolic OH excluding ortho intramolecular Hbond substituents is 6. The van der Waals surface area contributed by atoms with E-state index in [1.807, 2.05) is 0 Å². The van der Waals surface area contributed by atoms with E-state index in [0.29, 0.717) is 22.6 Å². The van der Waals surface area contributed by atoms with Crippen LogP contribution in [0.1, 0.15) is 11.1 Å². The zero-order chi connectivity index (χ0) is 15.6. The molecular formula is C14H14O6S. The molecule has 6 N–H and O–H groups in total. The van der Waals surface area contributed by atoms with Gasteiger partial charge in [-0.15, -0.1) is 0 Å². The van der Waals surface area contributed by atoms with Gasteiger partial charge in [-0.05, 0) is 35.4 Å². The third-order valence-electron chi connectivity index (χ3n) is 2.80. The zero-order valence-electron chi connectivity index (χ0n) is 10.8. The van der Waals surface area contributed by atoms with Crippen LogP contribution in [-0.2, 0) is 11.5 Å². The van der Waals surface area contributed by atoms with Gasteiger partial charge in [0.2, 0.25) is 0 Å². The maximum absolute atomic E-state index is 9.39. The molecule has 0 fully saturated rings. The fourth-order valence-corrected chi connectivity index (χ4v) is 2.68. The fraction of sp³-hybridized carbons (Fsp3) is 0.143. The molecule has 7 heteroatoms. The molecule has 0 saturated heterocycles. The molecule has 21 heavy (non-hydrogen) atoms. The van der Waals surface area contributed by atoms with Gasteiger partial charge in [-0.25, -0.2) is 0 Å². The molecular weight excluding hydrogens is 296 g/mol. The van der Waals surface area contributed by atoms with E-state index in [0.717, 1.165) is 0 Å². The van der Waals surface area contributed by atoms with Crippen LogP contribution < -0.4 is 0 Å². The van der Waals surface area contributed by atoms with Crippen LogP contribution in [0.3, 0.4) is 0 Å². The molecule has 0 aliphatic rings. The molecule has 6 nitrogen and oxygen atoms in total. The smallest absolute Gasteiger partial charge is 0.200 e. The van der Waals surface area contributed by atoms with Crippen LogP contribution in [-0.4, -0.2) is 30.6 Å². The van der Waals surface area contributed by atoms with Gasteiger partial charge >= 0.3 is 0 Å². The number of benzene rings is 2. The predicted octanol–water partition coefficient (Wildman–Crippen LogP) is 2.35. The average molecular weight is 310 g/mol. The first kappa shape index (κ1) is 15.0. The Balaban J connectivity index is 2.02. The van der Waals surface area contributed by atoms with Crippen molar-refractivity contribution in [2.24, 2.45) is 0 Å². The van der Waals surface area contributed by atoms with Gasteiger partial charge in [0.05, 0.1) is 0 Å². The van der Waals surface area contributed by atoms with Crippen LogP contribution in [0.25, 0.3) is 0 Å². The van der Waals surface area contributed by atoms with Crippen molar-refractivity contribution in [3.8, 4) is 34.5 Å². The van der Waals surface area contributed by atoms with Crippen molar-refractivity contribution in [2.45, 2.75) is 11.5 Å². The second kappa shape index (κ2) is 5.92. The molecule has 0 unspecified atom stereocenters. The highest BCUT2D eigenvalue weighted by molar-refractivity contribution is 7.97. The Morgan fingerprint density at radius 1 is 0.571 bits per heavy atom. The van der Waals surface area contributed by atoms with Crippen LogP contribution in [0.5, 0.6) is 34.5 Å². The average Bonchev–Trinajstić information content (AvgIpc) is 2.42. The summed E-state index contributed by atoms with van der Waals surface area (Å²) < 4.78 is 0. The van der Waals surface area contributed by atoms with Crippen molar-refractivity contribution >= 4 is 11.8 Å². The number of hydrogen-bond acceptors (Lipinski definition) is 7. The lowest BCUT2D eigenvalue weighted by atomic mass is 10.2. The summed E-state index contributed by atoms with van der Waals surface area (Å²) in [7, 11) is 0. The third-order valence-corrected chi connectivity index (χ3v) is 3.87. The normalized spacial score (nSPS) is 10.7. The van der Waals surface area contributed by atoms with E-state index in [1.54, 1.807) is 0 Å². The Labute approximate surface area is 124 Å². The van der Waals surface area contributed by atoms with E-state index in [4.69, 9.17) is 0 Å². The number of rotatable bonds is 4. The number of hydrogen-bond donors (Lipinski definition) is 6. The molecule has 0 aliphatic carbocycles. The Morgan fingerprint density at radius 3 is 1.14 bits per heavy atom. The molecule has 0 saturated carbocycles. The van der Waals surface area contributed by atoms with Gasteiger partial charge in [0.15, 0.2) is 34.5 Å². The molecule has 2 rings (SSSR count). The topological polar surface area (TPSA) is 121 Å². The number of thioether (sulfide) groups is 1. The first-order chi connectivity index (χ1) is 9.88. The summed E-state index contributed by atoms with van der Waals surface area (Å²) in [5.74, 6) is -1.84. The van der Waals surface area contributed by atoms with Crippen LogP contribution in [0.4, 0.5) is 0 Å². The maximum atomic E-state index is 9.39. The Hall–Kier alpha value is -2.41. The van der Waals surface area contributed by atoms with Crippen molar-refractivity contribution in [2.75, 3.05) is 0 Å². The van der Waals surface area contributed by atoms with Crippen molar-refractivity contribution in [3.63, 3.8) is 0 Å². The highest BCUT2D eigenvalue weighted by atomic mass is 32.2. The second-order valence-corrected chi connectivity index (χ2v) is 5.44. The second-order valence-electron chi connectivity index (χ2n) is 4.46. The Kier molecular flexibility index (Phi) is 4.23. The lowest BCUT2D eigenvalue weighted by Crippen LogP contribution is -1.85. The first-order valence-electron chi connectivity index (χ1n) is 5.94. The zero-order valence-corrected chi connectivity index (χ0v) is 11.6. The van der Waals surface area contributed by atoms with Gasteiger partial charge in [0, 0.05) is 11.5 Å². The first-order valence-corrected chi connectivity index (χ1v) is 7.09. The molecule has 2 aromatic carbocycles. The highest BCUT2D eigenvalue weighted by Gasteiger charge is 2.10. The van der Waals surface area contributed by atoms with Gasteiger partial charge in [-0.3, -0.25) is 0 Å². The lowest BCUT2D eigenvalue weighted by Gasteiger charge is -2.07. The van der Waals surface area contributed by atoms with Crippen LogP contribution in [0.15, 0.2) is 24.3 Å². The van der Waals surface area contributed by atoms with Crippen molar-refractivity contribution in [3.05, 3.63) is 35.4 Å². The van der Waals surface area contributed by atoms with E-state index in [2.05, 4.69) is 0 Å². The molecule has 0 radical (unpaired) electrons. The third kappa shape index (κ3) is 3.38. The molecule has 0 amide bonds. The molecule has 0 bridgehead atoms. The summed E-state index contributed by atoms with van der Waals surface area (Å²) in [6.07, 6.45) is 0. The quantitative estimate of drug-likeness (QED) is 0.479. The SMILES string of the molecule is Oc1cc(CSCc2cc(O)c(O)c(O)c2)cc(O)c1O.